The first-order valence-corrected chi connectivity index (χ1v) is 47.9. The average molecular weight is 1780 g/mol. The molecule has 0 atom stereocenters. The summed E-state index contributed by atoms with van der Waals surface area (Å²) in [5.41, 5.74) is 16.1. The van der Waals surface area contributed by atoms with Crippen LogP contribution in [0.5, 0.6) is 0 Å². The molecule has 0 N–H and O–H groups in total. The number of rotatable bonds is 22. The van der Waals surface area contributed by atoms with E-state index < -0.39 is 0 Å². The second kappa shape index (κ2) is 36.7. The van der Waals surface area contributed by atoms with E-state index in [9.17, 15) is 19.6 Å². The van der Waals surface area contributed by atoms with Gasteiger partial charge in [0.2, 0.25) is 0 Å². The molecule has 0 unspecified atom stereocenters. The summed E-state index contributed by atoms with van der Waals surface area (Å²) in [6.07, 6.45) is 21.0. The first-order valence-electron chi connectivity index (χ1n) is 39.5. The van der Waals surface area contributed by atoms with Gasteiger partial charge in [0, 0.05) is 140 Å². The number of benzene rings is 8. The molecule has 0 spiro atoms. The van der Waals surface area contributed by atoms with Crippen molar-refractivity contribution < 1.29 is 14.4 Å². The Balaban J connectivity index is 0.000000163. The molecule has 124 heavy (non-hydrogen) atoms. The highest BCUT2D eigenvalue weighted by Gasteiger charge is 2.34. The zero-order valence-corrected chi connectivity index (χ0v) is 73.9. The number of Topliss-reactive ketones (excluding diaryl/α,β-unsaturated/α-hetero) is 3. The Morgan fingerprint density at radius 2 is 0.500 bits per heavy atom. The highest BCUT2D eigenvalue weighted by atomic mass is 32.1. The quantitative estimate of drug-likeness (QED) is 0.0291. The van der Waals surface area contributed by atoms with Crippen molar-refractivity contribution in [3.05, 3.63) is 436 Å². The van der Waals surface area contributed by atoms with Crippen LogP contribution in [0, 0.1) is 17.9 Å². The average Bonchev–Trinajstić information content (AvgIpc) is 1.61. The van der Waals surface area contributed by atoms with Gasteiger partial charge in [-0.15, -0.1) is 113 Å². The van der Waals surface area contributed by atoms with Gasteiger partial charge in [0.05, 0.1) is 18.2 Å². The fourth-order valence-corrected chi connectivity index (χ4v) is 22.9. The minimum Gasteiger partial charge on any atom is -0.311 e. The van der Waals surface area contributed by atoms with Crippen LogP contribution in [0.2, 0.25) is 0 Å². The van der Waals surface area contributed by atoms with Crippen molar-refractivity contribution >= 4 is 231 Å². The largest absolute Gasteiger partial charge is 0.311 e. The Bertz CT molecular complexity index is 6950. The van der Waals surface area contributed by atoms with Gasteiger partial charge in [-0.05, 0) is 291 Å². The second-order valence-electron chi connectivity index (χ2n) is 28.7. The van der Waals surface area contributed by atoms with Gasteiger partial charge in [0.15, 0.2) is 17.3 Å². The fourth-order valence-electron chi connectivity index (χ4n) is 14.8. The molecule has 0 radical (unpaired) electrons. The van der Waals surface area contributed by atoms with Crippen LogP contribution in [0.15, 0.2) is 354 Å². The van der Waals surface area contributed by atoms with Gasteiger partial charge < -0.3 is 9.80 Å². The molecule has 2 aliphatic rings. The molecule has 10 aromatic heterocycles. The summed E-state index contributed by atoms with van der Waals surface area (Å²) in [5.74, 6) is -0.590. The Kier molecular flexibility index (Phi) is 23.7. The van der Waals surface area contributed by atoms with E-state index in [1.165, 1.54) is 80.8 Å². The summed E-state index contributed by atoms with van der Waals surface area (Å²) in [4.78, 5) is 66.3. The van der Waals surface area contributed by atoms with Crippen LogP contribution in [0.1, 0.15) is 85.4 Å². The molecule has 7 nitrogen and oxygen atoms in total. The molecule has 0 saturated carbocycles. The topological polar surface area (TPSA) is 85.8 Å². The molecule has 20 rings (SSSR count). The van der Waals surface area contributed by atoms with Crippen LogP contribution in [0.25, 0.3) is 134 Å². The number of nitrogens with zero attached hydrogens (tertiary/aromatic N) is 4. The molecule has 0 aliphatic heterocycles. The van der Waals surface area contributed by atoms with Gasteiger partial charge in [-0.3, -0.25) is 14.4 Å². The Morgan fingerprint density at radius 3 is 0.758 bits per heavy atom. The summed E-state index contributed by atoms with van der Waals surface area (Å²) < 4.78 is 0. The van der Waals surface area contributed by atoms with E-state index in [1.807, 2.05) is 30.3 Å². The molecule has 10 heterocycles. The number of hydrogen-bond donors (Lipinski definition) is 0. The van der Waals surface area contributed by atoms with Crippen molar-refractivity contribution in [3.8, 4) is 68.7 Å². The monoisotopic (exact) mass is 1770 g/mol. The molecule has 8 aromatic carbocycles. The van der Waals surface area contributed by atoms with Crippen LogP contribution >= 0.6 is 113 Å². The summed E-state index contributed by atoms with van der Waals surface area (Å²) in [5, 5.41) is 18.2. The van der Waals surface area contributed by atoms with E-state index >= 15 is 0 Å². The van der Waals surface area contributed by atoms with Gasteiger partial charge in [-0.1, -0.05) is 146 Å². The molecule has 0 amide bonds. The van der Waals surface area contributed by atoms with E-state index in [0.717, 1.165) is 64.8 Å². The highest BCUT2D eigenvalue weighted by molar-refractivity contribution is 7.18. The SMILES string of the molecule is O=C1C(=Cc2ccc(-c3ccc(N(c4ccc(-c5ccc(/C=C/c6cccs6)s5)cc4)c4ccc(-c5ccc(/C=C/c6cccs6)s5)cc4)cc3)s2)C(=O)c2ccccc21.[C-]#[N+]/C(C#N)=C1\C(=C\c2ccc(-c3ccc(N(c4ccc(-c5ccc(/C=C/c6cccs6)s5)cc4)c4ccc(-c5ccc(/C=C/c6cccs6)s5)cc4)cc3)s2)C(=O)c2ccccc21. The van der Waals surface area contributed by atoms with Crippen molar-refractivity contribution in [3.63, 3.8) is 0 Å². The van der Waals surface area contributed by atoms with E-state index in [-0.39, 0.29) is 28.6 Å². The summed E-state index contributed by atoms with van der Waals surface area (Å²) in [7, 11) is 0. The second-order valence-corrected chi connectivity index (χ2v) is 39.3. The van der Waals surface area contributed by atoms with Gasteiger partial charge in [0.1, 0.15) is 0 Å². The third-order valence-corrected chi connectivity index (χ3v) is 30.8. The maximum atomic E-state index is 13.5. The number of anilines is 6. The van der Waals surface area contributed by atoms with Crippen molar-refractivity contribution in [2.24, 2.45) is 0 Å². The number of hydrogen-bond acceptors (Lipinski definition) is 16. The molecule has 2 aliphatic carbocycles. The predicted octanol–water partition coefficient (Wildman–Crippen LogP) is 33.5. The minimum absolute atomic E-state index is 0.0807. The van der Waals surface area contributed by atoms with Crippen molar-refractivity contribution in [1.82, 2.24) is 0 Å². The van der Waals surface area contributed by atoms with Gasteiger partial charge in [-0.25, -0.2) is 10.1 Å². The first kappa shape index (κ1) is 80.3. The molecule has 0 saturated heterocycles. The third kappa shape index (κ3) is 17.7. The number of allylic oxidation sites excluding steroid dienone is 4. The lowest BCUT2D eigenvalue weighted by Crippen LogP contribution is -2.09. The van der Waals surface area contributed by atoms with Crippen LogP contribution in [0.3, 0.4) is 0 Å². The molecule has 592 valence electrons. The molecular weight excluding hydrogens is 1710 g/mol. The Labute approximate surface area is 758 Å². The number of thiophene rings is 10. The van der Waals surface area contributed by atoms with E-state index in [0.29, 0.717) is 33.4 Å². The van der Waals surface area contributed by atoms with Crippen LogP contribution in [-0.4, -0.2) is 17.3 Å². The lowest BCUT2D eigenvalue weighted by molar-refractivity contribution is 0.0988. The zero-order valence-electron chi connectivity index (χ0n) is 65.7. The molecule has 0 bridgehead atoms. The number of ketones is 3. The maximum Gasteiger partial charge on any atom is 0.270 e. The number of fused-ring (bicyclic) bond motifs is 2. The maximum absolute atomic E-state index is 13.5. The lowest BCUT2D eigenvalue weighted by Gasteiger charge is -2.26. The summed E-state index contributed by atoms with van der Waals surface area (Å²) >= 11 is 17.2. The fraction of sp³-hybridized carbons (Fsp3) is 0. The minimum atomic E-state index is -0.208. The van der Waals surface area contributed by atoms with Gasteiger partial charge in [-0.2, -0.15) is 0 Å². The van der Waals surface area contributed by atoms with E-state index in [4.69, 9.17) is 6.57 Å². The Morgan fingerprint density at radius 1 is 0.266 bits per heavy atom. The summed E-state index contributed by atoms with van der Waals surface area (Å²) in [6, 6.07) is 111. The highest BCUT2D eigenvalue weighted by Crippen LogP contribution is 2.46. The zero-order chi connectivity index (χ0) is 83.8. The summed E-state index contributed by atoms with van der Waals surface area (Å²) in [6.45, 7) is 7.63. The normalized spacial score (nSPS) is 13.2. The molecule has 0 fully saturated rings. The van der Waals surface area contributed by atoms with E-state index in [1.54, 1.807) is 162 Å². The van der Waals surface area contributed by atoms with Gasteiger partial charge >= 0.3 is 0 Å². The number of nitriles is 1. The lowest BCUT2D eigenvalue weighted by atomic mass is 10.0. The van der Waals surface area contributed by atoms with E-state index in [2.05, 4.69) is 340 Å². The Hall–Kier alpha value is -13.5. The standard InChI is InChI=1S/C55H33N3OS5.C52H33NO2S5/c1-57-50(35-56)54-47-8-2-3-9-48(47)55(59)49(54)34-46-28-31-53(64-46)38-14-20-41(21-15-38)58(39-16-10-36(11-17-39)51-29-26-44(62-51)24-22-42-6-4-32-60-42)40-18-12-37(13-19-40)52-30-27-45(63-52)25-23-43-7-5-33-61-43;54-51-45-7-1-2-8-46(45)52(55)47(51)33-44-27-30-50(60-44)36-13-19-39(20-14-36)53(37-15-9-34(10-16-37)48-28-25-42(58-48)23-21-40-5-3-31-56-40)38-17-11-35(12-18-38)49-29-26-43(59-49)24-22-41-6-4-32-57-41/h2-34H;1-33H/b24-22+,25-23+,49-34-,54-50-;23-21+,24-22+. The third-order valence-electron chi connectivity index (χ3n) is 20.9. The molecular formula is C107H66N4O3S10. The predicted molar refractivity (Wildman–Crippen MR) is 536 cm³/mol. The molecule has 17 heteroatoms. The van der Waals surface area contributed by atoms with Crippen molar-refractivity contribution in [2.45, 2.75) is 0 Å². The van der Waals surface area contributed by atoms with Crippen LogP contribution in [0.4, 0.5) is 34.1 Å². The number of carbonyl (C=O) groups is 3. The first-order chi connectivity index (χ1) is 61.0. The molecule has 18 aromatic rings. The smallest absolute Gasteiger partial charge is 0.270 e. The van der Waals surface area contributed by atoms with Crippen molar-refractivity contribution in [1.29, 1.82) is 5.26 Å². The van der Waals surface area contributed by atoms with Crippen LogP contribution < -0.4 is 9.80 Å². The van der Waals surface area contributed by atoms with Crippen molar-refractivity contribution in [2.75, 3.05) is 9.80 Å². The number of carbonyl (C=O) groups excluding carboxylic acids is 3. The van der Waals surface area contributed by atoms with Gasteiger partial charge in [0.25, 0.3) is 5.70 Å². The van der Waals surface area contributed by atoms with Crippen LogP contribution in [-0.2, 0) is 0 Å².